The first-order valence-corrected chi connectivity index (χ1v) is 10.0. The van der Waals surface area contributed by atoms with Crippen LogP contribution in [0.25, 0.3) is 0 Å². The standard InChI is InChI=1S/C19H23NO5S.Li/c1-20(14-19(21)22)13-12-18(15-6-4-3-5-7-15)25-16-8-10-17(11-9-16)26(2,23)24;/h3-11,18H,12-14H2,1-2H3,(H,21,22);/q;+1/p-1. The summed E-state index contributed by atoms with van der Waals surface area (Å²) in [5, 5.41) is 10.7. The van der Waals surface area contributed by atoms with E-state index in [0.717, 1.165) is 11.8 Å². The zero-order valence-electron chi connectivity index (χ0n) is 15.8. The van der Waals surface area contributed by atoms with Crippen molar-refractivity contribution in [3.05, 3.63) is 60.2 Å². The number of carboxylic acid groups (broad SMARTS) is 1. The number of hydrogen-bond donors (Lipinski definition) is 0. The summed E-state index contributed by atoms with van der Waals surface area (Å²) in [5.41, 5.74) is 0.960. The Hall–Kier alpha value is -1.78. The van der Waals surface area contributed by atoms with Crippen molar-refractivity contribution >= 4 is 15.8 Å². The fourth-order valence-electron chi connectivity index (χ4n) is 2.53. The molecule has 6 nitrogen and oxygen atoms in total. The van der Waals surface area contributed by atoms with Crippen LogP contribution in [0.1, 0.15) is 18.1 Å². The number of carbonyl (C=O) groups excluding carboxylic acids is 1. The maximum absolute atomic E-state index is 11.6. The number of likely N-dealkylation sites (N-methyl/N-ethyl adjacent to an activating group) is 1. The number of aliphatic carboxylic acids is 1. The molecule has 2 rings (SSSR count). The van der Waals surface area contributed by atoms with Gasteiger partial charge in [-0.3, -0.25) is 0 Å². The number of rotatable bonds is 9. The molecule has 2 aromatic rings. The second kappa shape index (κ2) is 10.5. The Labute approximate surface area is 172 Å². The summed E-state index contributed by atoms with van der Waals surface area (Å²) in [4.78, 5) is 12.6. The SMILES string of the molecule is CN(CCC(Oc1ccc(S(C)(=O)=O)cc1)c1ccccc1)CC(=O)[O-].[Li+]. The molecule has 0 aromatic heterocycles. The molecular weight excluding hydrogens is 361 g/mol. The summed E-state index contributed by atoms with van der Waals surface area (Å²) >= 11 is 0. The van der Waals surface area contributed by atoms with Crippen molar-refractivity contribution in [3.63, 3.8) is 0 Å². The van der Waals surface area contributed by atoms with Gasteiger partial charge in [-0.1, -0.05) is 30.3 Å². The molecule has 0 amide bonds. The average Bonchev–Trinajstić information content (AvgIpc) is 2.58. The van der Waals surface area contributed by atoms with Gasteiger partial charge in [0, 0.05) is 25.8 Å². The van der Waals surface area contributed by atoms with Gasteiger partial charge in [-0.05, 0) is 36.9 Å². The molecular formula is C19H22LiNO5S. The summed E-state index contributed by atoms with van der Waals surface area (Å²) in [5.74, 6) is -0.574. The zero-order chi connectivity index (χ0) is 19.2. The van der Waals surface area contributed by atoms with E-state index < -0.39 is 15.8 Å². The van der Waals surface area contributed by atoms with E-state index in [1.54, 1.807) is 24.1 Å². The molecule has 0 heterocycles. The minimum atomic E-state index is -3.26. The average molecular weight is 383 g/mol. The molecule has 0 aliphatic carbocycles. The number of carboxylic acids is 1. The van der Waals surface area contributed by atoms with Crippen LogP contribution < -0.4 is 28.7 Å². The minimum absolute atomic E-state index is 0. The van der Waals surface area contributed by atoms with E-state index >= 15 is 0 Å². The van der Waals surface area contributed by atoms with Crippen LogP contribution in [0, 0.1) is 0 Å². The largest absolute Gasteiger partial charge is 1.00 e. The van der Waals surface area contributed by atoms with Gasteiger partial charge in [0.2, 0.25) is 0 Å². The van der Waals surface area contributed by atoms with Gasteiger partial charge >= 0.3 is 18.9 Å². The van der Waals surface area contributed by atoms with Crippen LogP contribution in [-0.2, 0) is 14.6 Å². The second-order valence-corrected chi connectivity index (χ2v) is 8.17. The predicted molar refractivity (Wildman–Crippen MR) is 96.5 cm³/mol. The third kappa shape index (κ3) is 7.77. The van der Waals surface area contributed by atoms with E-state index in [2.05, 4.69) is 0 Å². The Morgan fingerprint density at radius 3 is 2.22 bits per heavy atom. The Balaban J connectivity index is 0.00000364. The van der Waals surface area contributed by atoms with Crippen molar-refractivity contribution in [2.75, 3.05) is 26.4 Å². The smallest absolute Gasteiger partial charge is 0.549 e. The molecule has 0 aliphatic rings. The van der Waals surface area contributed by atoms with Gasteiger partial charge in [0.15, 0.2) is 9.84 Å². The molecule has 0 spiro atoms. The van der Waals surface area contributed by atoms with Gasteiger partial charge in [-0.25, -0.2) is 8.42 Å². The number of benzene rings is 2. The molecule has 0 N–H and O–H groups in total. The van der Waals surface area contributed by atoms with Crippen molar-refractivity contribution < 1.29 is 41.9 Å². The molecule has 140 valence electrons. The summed E-state index contributed by atoms with van der Waals surface area (Å²) in [6.45, 7) is 0.361. The molecule has 0 saturated heterocycles. The van der Waals surface area contributed by atoms with Crippen LogP contribution in [0.4, 0.5) is 0 Å². The van der Waals surface area contributed by atoms with Gasteiger partial charge in [-0.15, -0.1) is 0 Å². The topological polar surface area (TPSA) is 86.7 Å². The number of hydrogen-bond acceptors (Lipinski definition) is 6. The number of sulfone groups is 1. The van der Waals surface area contributed by atoms with Crippen molar-refractivity contribution in [3.8, 4) is 5.75 Å². The third-order valence-electron chi connectivity index (χ3n) is 3.87. The molecule has 27 heavy (non-hydrogen) atoms. The molecule has 0 aliphatic heterocycles. The second-order valence-electron chi connectivity index (χ2n) is 6.16. The van der Waals surface area contributed by atoms with Crippen molar-refractivity contribution in [2.45, 2.75) is 17.4 Å². The van der Waals surface area contributed by atoms with Crippen LogP contribution in [-0.4, -0.2) is 45.7 Å². The molecule has 2 aromatic carbocycles. The first kappa shape index (κ1) is 23.3. The van der Waals surface area contributed by atoms with E-state index in [-0.39, 0.29) is 36.4 Å². The third-order valence-corrected chi connectivity index (χ3v) is 5.00. The van der Waals surface area contributed by atoms with E-state index in [1.807, 2.05) is 30.3 Å². The summed E-state index contributed by atoms with van der Waals surface area (Å²) in [6, 6.07) is 15.9. The van der Waals surface area contributed by atoms with Crippen LogP contribution >= 0.6 is 0 Å². The number of nitrogens with zero attached hydrogens (tertiary/aromatic N) is 1. The molecule has 0 fully saturated rings. The van der Waals surface area contributed by atoms with Crippen molar-refractivity contribution in [2.24, 2.45) is 0 Å². The van der Waals surface area contributed by atoms with Gasteiger partial charge in [0.25, 0.3) is 0 Å². The Morgan fingerprint density at radius 2 is 1.70 bits per heavy atom. The minimum Gasteiger partial charge on any atom is -0.549 e. The first-order valence-electron chi connectivity index (χ1n) is 8.16. The molecule has 8 heteroatoms. The van der Waals surface area contributed by atoms with Gasteiger partial charge in [-0.2, -0.15) is 0 Å². The van der Waals surface area contributed by atoms with Crippen molar-refractivity contribution in [1.29, 1.82) is 0 Å². The van der Waals surface area contributed by atoms with E-state index in [4.69, 9.17) is 4.74 Å². The van der Waals surface area contributed by atoms with Crippen molar-refractivity contribution in [1.82, 2.24) is 4.90 Å². The Morgan fingerprint density at radius 1 is 1.11 bits per heavy atom. The first-order chi connectivity index (χ1) is 12.3. The van der Waals surface area contributed by atoms with Gasteiger partial charge in [0.05, 0.1) is 10.9 Å². The fraction of sp³-hybridized carbons (Fsp3) is 0.316. The monoisotopic (exact) mass is 383 g/mol. The molecule has 1 unspecified atom stereocenters. The normalized spacial score (nSPS) is 12.3. The van der Waals surface area contributed by atoms with Crippen LogP contribution in [0.2, 0.25) is 0 Å². The Bertz CT molecular complexity index is 825. The van der Waals surface area contributed by atoms with Crippen LogP contribution in [0.15, 0.2) is 59.5 Å². The maximum Gasteiger partial charge on any atom is 1.00 e. The number of ether oxygens (including phenoxy) is 1. The maximum atomic E-state index is 11.6. The fourth-order valence-corrected chi connectivity index (χ4v) is 3.16. The Kier molecular flexibility index (Phi) is 9.07. The van der Waals surface area contributed by atoms with Crippen LogP contribution in [0.3, 0.4) is 0 Å². The molecule has 1 atom stereocenters. The zero-order valence-corrected chi connectivity index (χ0v) is 16.6. The number of carbonyl (C=O) groups is 1. The van der Waals surface area contributed by atoms with E-state index in [0.29, 0.717) is 18.7 Å². The van der Waals surface area contributed by atoms with E-state index in [1.165, 1.54) is 12.1 Å². The van der Waals surface area contributed by atoms with E-state index in [9.17, 15) is 18.3 Å². The summed E-state index contributed by atoms with van der Waals surface area (Å²) < 4.78 is 29.1. The predicted octanol–water partition coefficient (Wildman–Crippen LogP) is -1.71. The quantitative estimate of drug-likeness (QED) is 0.479. The van der Waals surface area contributed by atoms with Gasteiger partial charge < -0.3 is 19.5 Å². The summed E-state index contributed by atoms with van der Waals surface area (Å²) in [6.07, 6.45) is 1.44. The molecule has 0 saturated carbocycles. The summed E-state index contributed by atoms with van der Waals surface area (Å²) in [7, 11) is -1.55. The molecule has 0 radical (unpaired) electrons. The molecule has 0 bridgehead atoms. The van der Waals surface area contributed by atoms with Gasteiger partial charge in [0.1, 0.15) is 11.9 Å². The van der Waals surface area contributed by atoms with Crippen LogP contribution in [0.5, 0.6) is 5.75 Å².